The number of anilines is 1. The van der Waals surface area contributed by atoms with E-state index in [1.807, 2.05) is 0 Å². The number of rotatable bonds is 3. The van der Waals surface area contributed by atoms with Gasteiger partial charge in [-0.15, -0.1) is 0 Å². The molecule has 2 rings (SSSR count). The summed E-state index contributed by atoms with van der Waals surface area (Å²) in [6, 6.07) is 5.98. The van der Waals surface area contributed by atoms with Crippen LogP contribution < -0.4 is 4.72 Å². The second-order valence-corrected chi connectivity index (χ2v) is 6.92. The molecule has 0 spiro atoms. The molecule has 0 aliphatic rings. The van der Waals surface area contributed by atoms with Gasteiger partial charge < -0.3 is 0 Å². The van der Waals surface area contributed by atoms with Crippen LogP contribution in [0.25, 0.3) is 0 Å². The summed E-state index contributed by atoms with van der Waals surface area (Å²) in [7, 11) is -3.81. The number of hydrogen-bond acceptors (Lipinski definition) is 3. The zero-order chi connectivity index (χ0) is 14.0. The van der Waals surface area contributed by atoms with E-state index in [-0.39, 0.29) is 20.6 Å². The number of aromatic nitrogens is 1. The predicted molar refractivity (Wildman–Crippen MR) is 79.2 cm³/mol. The molecule has 4 nitrogen and oxygen atoms in total. The van der Waals surface area contributed by atoms with E-state index in [4.69, 9.17) is 23.2 Å². The van der Waals surface area contributed by atoms with Crippen LogP contribution in [-0.4, -0.2) is 13.4 Å². The highest BCUT2D eigenvalue weighted by Gasteiger charge is 2.19. The fourth-order valence-electron chi connectivity index (χ4n) is 1.35. The molecule has 0 aliphatic heterocycles. The van der Waals surface area contributed by atoms with Gasteiger partial charge in [0, 0.05) is 10.7 Å². The van der Waals surface area contributed by atoms with Crippen LogP contribution >= 0.6 is 39.1 Å². The van der Waals surface area contributed by atoms with Crippen molar-refractivity contribution in [3.63, 3.8) is 0 Å². The highest BCUT2D eigenvalue weighted by atomic mass is 79.9. The van der Waals surface area contributed by atoms with Crippen LogP contribution in [-0.2, 0) is 10.0 Å². The Hall–Kier alpha value is -0.820. The van der Waals surface area contributed by atoms with Crippen molar-refractivity contribution in [1.82, 2.24) is 4.98 Å². The molecule has 0 unspecified atom stereocenters. The first kappa shape index (κ1) is 14.6. The zero-order valence-corrected chi connectivity index (χ0v) is 13.2. The van der Waals surface area contributed by atoms with Crippen LogP contribution in [0.1, 0.15) is 0 Å². The first-order valence-corrected chi connectivity index (χ1v) is 8.01. The van der Waals surface area contributed by atoms with E-state index in [1.54, 1.807) is 6.07 Å². The van der Waals surface area contributed by atoms with Crippen LogP contribution in [0.15, 0.2) is 46.0 Å². The molecule has 8 heteroatoms. The third-order valence-corrected chi connectivity index (χ3v) is 4.87. The SMILES string of the molecule is O=S(=O)(Nc1cnccc1Cl)c1ccc(Br)cc1Cl. The molecular weight excluding hydrogens is 375 g/mol. The summed E-state index contributed by atoms with van der Waals surface area (Å²) in [4.78, 5) is 3.78. The van der Waals surface area contributed by atoms with E-state index < -0.39 is 10.0 Å². The summed E-state index contributed by atoms with van der Waals surface area (Å²) >= 11 is 15.0. The van der Waals surface area contributed by atoms with Crippen LogP contribution in [0.4, 0.5) is 5.69 Å². The molecule has 0 aliphatic carbocycles. The molecule has 1 N–H and O–H groups in total. The van der Waals surface area contributed by atoms with Crippen LogP contribution in [0, 0.1) is 0 Å². The Morgan fingerprint density at radius 1 is 1.16 bits per heavy atom. The molecule has 0 saturated heterocycles. The number of nitrogens with zero attached hydrogens (tertiary/aromatic N) is 1. The zero-order valence-electron chi connectivity index (χ0n) is 9.27. The van der Waals surface area contributed by atoms with Crippen LogP contribution in [0.5, 0.6) is 0 Å². The maximum absolute atomic E-state index is 12.2. The quantitative estimate of drug-likeness (QED) is 0.875. The van der Waals surface area contributed by atoms with Crippen molar-refractivity contribution in [3.8, 4) is 0 Å². The summed E-state index contributed by atoms with van der Waals surface area (Å²) in [5.74, 6) is 0. The lowest BCUT2D eigenvalue weighted by molar-refractivity contribution is 0.601. The molecule has 19 heavy (non-hydrogen) atoms. The van der Waals surface area contributed by atoms with Gasteiger partial charge in [-0.1, -0.05) is 39.1 Å². The standard InChI is InChI=1S/C11H7BrCl2N2O2S/c12-7-1-2-11(9(14)5-7)19(17,18)16-10-6-15-4-3-8(10)13/h1-6,16H. The Balaban J connectivity index is 2.41. The highest BCUT2D eigenvalue weighted by molar-refractivity contribution is 9.10. The van der Waals surface area contributed by atoms with Crippen molar-refractivity contribution in [3.05, 3.63) is 51.2 Å². The van der Waals surface area contributed by atoms with E-state index >= 15 is 0 Å². The number of halogens is 3. The molecule has 0 atom stereocenters. The molecule has 1 aromatic heterocycles. The third kappa shape index (κ3) is 3.39. The van der Waals surface area contributed by atoms with Crippen molar-refractivity contribution in [2.75, 3.05) is 4.72 Å². The molecule has 100 valence electrons. The van der Waals surface area contributed by atoms with Crippen molar-refractivity contribution in [1.29, 1.82) is 0 Å². The molecule has 2 aromatic rings. The van der Waals surface area contributed by atoms with Crippen LogP contribution in [0.2, 0.25) is 10.0 Å². The van der Waals surface area contributed by atoms with Gasteiger partial charge in [0.05, 0.1) is 21.9 Å². The fourth-order valence-corrected chi connectivity index (χ4v) is 3.66. The number of sulfonamides is 1. The second-order valence-electron chi connectivity index (χ2n) is 3.54. The second kappa shape index (κ2) is 5.66. The molecule has 0 fully saturated rings. The summed E-state index contributed by atoms with van der Waals surface area (Å²) in [6.07, 6.45) is 2.79. The average Bonchev–Trinajstić information content (AvgIpc) is 2.31. The third-order valence-electron chi connectivity index (χ3n) is 2.20. The monoisotopic (exact) mass is 380 g/mol. The van der Waals surface area contributed by atoms with Gasteiger partial charge in [-0.05, 0) is 24.3 Å². The largest absolute Gasteiger partial charge is 0.276 e. The Labute approximate surface area is 128 Å². The van der Waals surface area contributed by atoms with Gasteiger partial charge >= 0.3 is 0 Å². The fraction of sp³-hybridized carbons (Fsp3) is 0. The highest BCUT2D eigenvalue weighted by Crippen LogP contribution is 2.28. The molecule has 0 amide bonds. The van der Waals surface area contributed by atoms with Crippen molar-refractivity contribution < 1.29 is 8.42 Å². The number of benzene rings is 1. The lowest BCUT2D eigenvalue weighted by atomic mass is 10.4. The topological polar surface area (TPSA) is 59.1 Å². The Morgan fingerprint density at radius 3 is 2.53 bits per heavy atom. The number of hydrogen-bond donors (Lipinski definition) is 1. The molecule has 1 heterocycles. The van der Waals surface area contributed by atoms with Gasteiger partial charge in [0.1, 0.15) is 4.90 Å². The Morgan fingerprint density at radius 2 is 1.89 bits per heavy atom. The number of pyridine rings is 1. The van der Waals surface area contributed by atoms with Gasteiger partial charge in [-0.25, -0.2) is 8.42 Å². The first-order valence-electron chi connectivity index (χ1n) is 4.97. The maximum Gasteiger partial charge on any atom is 0.263 e. The predicted octanol–water partition coefficient (Wildman–Crippen LogP) is 3.95. The molecular formula is C11H7BrCl2N2O2S. The molecule has 0 radical (unpaired) electrons. The first-order chi connectivity index (χ1) is 8.90. The maximum atomic E-state index is 12.2. The summed E-state index contributed by atoms with van der Waals surface area (Å²) in [6.45, 7) is 0. The van der Waals surface area contributed by atoms with Gasteiger partial charge in [0.2, 0.25) is 0 Å². The van der Waals surface area contributed by atoms with Gasteiger partial charge in [0.15, 0.2) is 0 Å². The minimum Gasteiger partial charge on any atom is -0.276 e. The summed E-state index contributed by atoms with van der Waals surface area (Å²) in [5.41, 5.74) is 0.197. The van der Waals surface area contributed by atoms with Crippen LogP contribution in [0.3, 0.4) is 0 Å². The Bertz CT molecular complexity index is 722. The van der Waals surface area contributed by atoms with E-state index in [0.717, 1.165) is 0 Å². The minimum atomic E-state index is -3.81. The summed E-state index contributed by atoms with van der Waals surface area (Å²) in [5, 5.41) is 0.369. The lowest BCUT2D eigenvalue weighted by Gasteiger charge is -2.10. The summed E-state index contributed by atoms with van der Waals surface area (Å²) < 4.78 is 27.4. The van der Waals surface area contributed by atoms with Crippen molar-refractivity contribution in [2.45, 2.75) is 4.90 Å². The minimum absolute atomic E-state index is 0.0303. The van der Waals surface area contributed by atoms with E-state index in [9.17, 15) is 8.42 Å². The molecule has 0 saturated carbocycles. The van der Waals surface area contributed by atoms with Crippen molar-refractivity contribution >= 4 is 54.8 Å². The van der Waals surface area contributed by atoms with Crippen molar-refractivity contribution in [2.24, 2.45) is 0 Å². The van der Waals surface area contributed by atoms with E-state index in [0.29, 0.717) is 4.47 Å². The lowest BCUT2D eigenvalue weighted by Crippen LogP contribution is -2.13. The normalized spacial score (nSPS) is 11.3. The number of nitrogens with one attached hydrogen (secondary N) is 1. The van der Waals surface area contributed by atoms with E-state index in [2.05, 4.69) is 25.6 Å². The van der Waals surface area contributed by atoms with E-state index in [1.165, 1.54) is 30.6 Å². The Kier molecular flexibility index (Phi) is 4.35. The van der Waals surface area contributed by atoms with Gasteiger partial charge in [0.25, 0.3) is 10.0 Å². The molecule has 0 bridgehead atoms. The smallest absolute Gasteiger partial charge is 0.263 e. The average molecular weight is 382 g/mol. The molecule has 1 aromatic carbocycles. The van der Waals surface area contributed by atoms with Gasteiger partial charge in [-0.3, -0.25) is 9.71 Å². The van der Waals surface area contributed by atoms with Gasteiger partial charge in [-0.2, -0.15) is 0 Å².